The molecule has 3 N–H and O–H groups in total. The molecule has 2 atom stereocenters. The number of rotatable bonds is 6. The molecular formula is C17H25N3O3. The van der Waals surface area contributed by atoms with E-state index >= 15 is 0 Å². The minimum Gasteiger partial charge on any atom is -0.480 e. The number of nitrogens with zero attached hydrogens (tertiary/aromatic N) is 1. The quantitative estimate of drug-likeness (QED) is 0.738. The van der Waals surface area contributed by atoms with Crippen molar-refractivity contribution in [2.24, 2.45) is 5.92 Å². The number of nitrogens with one attached hydrogen (secondary N) is 2. The van der Waals surface area contributed by atoms with Crippen molar-refractivity contribution in [1.82, 2.24) is 10.2 Å². The van der Waals surface area contributed by atoms with Gasteiger partial charge in [-0.3, -0.25) is 4.79 Å². The van der Waals surface area contributed by atoms with Gasteiger partial charge in [0.25, 0.3) is 0 Å². The number of carbonyl (C=O) groups is 2. The third kappa shape index (κ3) is 4.69. The van der Waals surface area contributed by atoms with Gasteiger partial charge in [0.05, 0.1) is 0 Å². The van der Waals surface area contributed by atoms with Crippen LogP contribution in [0.4, 0.5) is 5.69 Å². The van der Waals surface area contributed by atoms with Crippen molar-refractivity contribution in [3.05, 3.63) is 30.3 Å². The first-order valence-corrected chi connectivity index (χ1v) is 8.04. The van der Waals surface area contributed by atoms with Gasteiger partial charge in [0, 0.05) is 25.3 Å². The Balaban J connectivity index is 2.16. The number of amides is 1. The maximum atomic E-state index is 12.9. The van der Waals surface area contributed by atoms with E-state index in [2.05, 4.69) is 24.5 Å². The zero-order valence-electron chi connectivity index (χ0n) is 13.7. The molecular weight excluding hydrogens is 294 g/mol. The van der Waals surface area contributed by atoms with Crippen LogP contribution in [0.3, 0.4) is 0 Å². The van der Waals surface area contributed by atoms with Gasteiger partial charge in [0.2, 0.25) is 5.91 Å². The van der Waals surface area contributed by atoms with Crippen molar-refractivity contribution >= 4 is 17.6 Å². The number of anilines is 1. The van der Waals surface area contributed by atoms with Gasteiger partial charge in [0.1, 0.15) is 12.1 Å². The molecule has 1 aliphatic heterocycles. The van der Waals surface area contributed by atoms with Crippen LogP contribution in [-0.2, 0) is 9.59 Å². The number of hydrogen-bond donors (Lipinski definition) is 3. The van der Waals surface area contributed by atoms with Gasteiger partial charge in [-0.05, 0) is 24.5 Å². The number of carbonyl (C=O) groups excluding carboxylic acids is 1. The van der Waals surface area contributed by atoms with Gasteiger partial charge >= 0.3 is 5.97 Å². The predicted molar refractivity (Wildman–Crippen MR) is 89.3 cm³/mol. The van der Waals surface area contributed by atoms with E-state index in [-0.39, 0.29) is 5.91 Å². The zero-order valence-corrected chi connectivity index (χ0v) is 13.7. The summed E-state index contributed by atoms with van der Waals surface area (Å²) in [6.45, 7) is 5.44. The molecule has 1 saturated heterocycles. The highest BCUT2D eigenvalue weighted by Gasteiger charge is 2.35. The Bertz CT molecular complexity index is 533. The molecule has 6 heteroatoms. The molecule has 23 heavy (non-hydrogen) atoms. The third-order valence-corrected chi connectivity index (χ3v) is 3.93. The van der Waals surface area contributed by atoms with E-state index in [1.165, 1.54) is 4.90 Å². The van der Waals surface area contributed by atoms with Gasteiger partial charge in [-0.15, -0.1) is 0 Å². The van der Waals surface area contributed by atoms with E-state index < -0.39 is 18.1 Å². The minimum absolute atomic E-state index is 0.142. The fourth-order valence-electron chi connectivity index (χ4n) is 2.82. The summed E-state index contributed by atoms with van der Waals surface area (Å²) < 4.78 is 0. The summed E-state index contributed by atoms with van der Waals surface area (Å²) in [5, 5.41) is 15.7. The fraction of sp³-hybridized carbons (Fsp3) is 0.529. The third-order valence-electron chi connectivity index (χ3n) is 3.93. The van der Waals surface area contributed by atoms with Gasteiger partial charge in [0.15, 0.2) is 0 Å². The largest absolute Gasteiger partial charge is 0.480 e. The summed E-state index contributed by atoms with van der Waals surface area (Å²) in [6.07, 6.45) is 0.657. The van der Waals surface area contributed by atoms with E-state index in [4.69, 9.17) is 0 Å². The second-order valence-electron chi connectivity index (χ2n) is 6.28. The number of carboxylic acids is 1. The number of para-hydroxylation sites is 1. The van der Waals surface area contributed by atoms with Crippen LogP contribution in [-0.4, -0.2) is 53.6 Å². The summed E-state index contributed by atoms with van der Waals surface area (Å²) in [5.74, 6) is -0.781. The van der Waals surface area contributed by atoms with Crippen LogP contribution in [0.25, 0.3) is 0 Å². The molecule has 0 spiro atoms. The normalized spacial score (nSPS) is 19.4. The number of aliphatic carboxylic acids is 1. The lowest BCUT2D eigenvalue weighted by atomic mass is 10.0. The van der Waals surface area contributed by atoms with Crippen molar-refractivity contribution in [2.45, 2.75) is 32.4 Å². The van der Waals surface area contributed by atoms with Crippen LogP contribution in [0.5, 0.6) is 0 Å². The lowest BCUT2D eigenvalue weighted by Crippen LogP contribution is -2.60. The highest BCUT2D eigenvalue weighted by molar-refractivity contribution is 5.89. The maximum Gasteiger partial charge on any atom is 0.327 e. The molecule has 0 saturated carbocycles. The van der Waals surface area contributed by atoms with E-state index in [9.17, 15) is 14.7 Å². The smallest absolute Gasteiger partial charge is 0.327 e. The fourth-order valence-corrected chi connectivity index (χ4v) is 2.82. The van der Waals surface area contributed by atoms with E-state index in [1.807, 2.05) is 30.3 Å². The molecule has 2 unspecified atom stereocenters. The van der Waals surface area contributed by atoms with E-state index in [0.717, 1.165) is 5.69 Å². The second kappa shape index (κ2) is 7.97. The second-order valence-corrected chi connectivity index (χ2v) is 6.28. The number of hydrogen-bond acceptors (Lipinski definition) is 4. The number of piperazine rings is 1. The van der Waals surface area contributed by atoms with Crippen molar-refractivity contribution in [3.8, 4) is 0 Å². The van der Waals surface area contributed by atoms with Crippen LogP contribution < -0.4 is 10.6 Å². The van der Waals surface area contributed by atoms with Crippen molar-refractivity contribution in [2.75, 3.05) is 25.0 Å². The Morgan fingerprint density at radius 3 is 2.65 bits per heavy atom. The van der Waals surface area contributed by atoms with Crippen molar-refractivity contribution in [3.63, 3.8) is 0 Å². The van der Waals surface area contributed by atoms with Gasteiger partial charge in [-0.2, -0.15) is 0 Å². The molecule has 0 aromatic heterocycles. The van der Waals surface area contributed by atoms with Crippen LogP contribution >= 0.6 is 0 Å². The van der Waals surface area contributed by atoms with Crippen LogP contribution in [0.1, 0.15) is 20.3 Å². The average molecular weight is 319 g/mol. The standard InChI is InChI=1S/C17H25N3O3/c1-12(2)10-14(19-13-6-4-3-5-7-13)16(21)20-9-8-18-11-15(20)17(22)23/h3-7,12,14-15,18-19H,8-11H2,1-2H3,(H,22,23). The average Bonchev–Trinajstić information content (AvgIpc) is 2.54. The molecule has 0 radical (unpaired) electrons. The summed E-state index contributed by atoms with van der Waals surface area (Å²) in [4.78, 5) is 25.8. The van der Waals surface area contributed by atoms with Crippen LogP contribution in [0.15, 0.2) is 30.3 Å². The van der Waals surface area contributed by atoms with Crippen LogP contribution in [0, 0.1) is 5.92 Å². The Hall–Kier alpha value is -2.08. The Labute approximate surface area is 136 Å². The first kappa shape index (κ1) is 17.3. The molecule has 1 aliphatic rings. The molecule has 6 nitrogen and oxygen atoms in total. The summed E-state index contributed by atoms with van der Waals surface area (Å²) >= 11 is 0. The molecule has 1 fully saturated rings. The van der Waals surface area contributed by atoms with Gasteiger partial charge < -0.3 is 20.6 Å². The molecule has 1 heterocycles. The minimum atomic E-state index is -0.964. The Morgan fingerprint density at radius 2 is 2.04 bits per heavy atom. The summed E-state index contributed by atoms with van der Waals surface area (Å²) in [5.41, 5.74) is 0.869. The lowest BCUT2D eigenvalue weighted by Gasteiger charge is -2.36. The first-order chi connectivity index (χ1) is 11.0. The molecule has 1 amide bonds. The number of carboxylic acid groups (broad SMARTS) is 1. The Morgan fingerprint density at radius 1 is 1.35 bits per heavy atom. The zero-order chi connectivity index (χ0) is 16.8. The lowest BCUT2D eigenvalue weighted by molar-refractivity contribution is -0.151. The first-order valence-electron chi connectivity index (χ1n) is 8.04. The van der Waals surface area contributed by atoms with Gasteiger partial charge in [-0.25, -0.2) is 4.79 Å². The monoisotopic (exact) mass is 319 g/mol. The molecule has 1 aromatic rings. The molecule has 126 valence electrons. The van der Waals surface area contributed by atoms with Crippen LogP contribution in [0.2, 0.25) is 0 Å². The Kier molecular flexibility index (Phi) is 5.98. The topological polar surface area (TPSA) is 81.7 Å². The van der Waals surface area contributed by atoms with Crippen molar-refractivity contribution < 1.29 is 14.7 Å². The summed E-state index contributed by atoms with van der Waals surface area (Å²) in [6, 6.07) is 8.33. The number of benzene rings is 1. The highest BCUT2D eigenvalue weighted by atomic mass is 16.4. The van der Waals surface area contributed by atoms with E-state index in [1.54, 1.807) is 0 Å². The molecule has 2 rings (SSSR count). The highest BCUT2D eigenvalue weighted by Crippen LogP contribution is 2.17. The maximum absolute atomic E-state index is 12.9. The molecule has 0 aliphatic carbocycles. The summed E-state index contributed by atoms with van der Waals surface area (Å²) in [7, 11) is 0. The molecule has 1 aromatic carbocycles. The van der Waals surface area contributed by atoms with Gasteiger partial charge in [-0.1, -0.05) is 32.0 Å². The van der Waals surface area contributed by atoms with Crippen molar-refractivity contribution in [1.29, 1.82) is 0 Å². The SMILES string of the molecule is CC(C)CC(Nc1ccccc1)C(=O)N1CCNCC1C(=O)O. The molecule has 0 bridgehead atoms. The predicted octanol–water partition coefficient (Wildman–Crippen LogP) is 1.40. The van der Waals surface area contributed by atoms with E-state index in [0.29, 0.717) is 32.0 Å².